The van der Waals surface area contributed by atoms with Crippen LogP contribution in [0.25, 0.3) is 0 Å². The lowest BCUT2D eigenvalue weighted by atomic mass is 9.92. The highest BCUT2D eigenvalue weighted by molar-refractivity contribution is 6.86. The molecule has 31 heavy (non-hydrogen) atoms. The highest BCUT2D eigenvalue weighted by Crippen LogP contribution is 2.45. The molecule has 1 aliphatic heterocycles. The van der Waals surface area contributed by atoms with Crippen LogP contribution in [0.4, 0.5) is 11.4 Å². The Hall–Kier alpha value is -2.00. The fraction of sp³-hybridized carbons (Fsp3) is 0.500. The van der Waals surface area contributed by atoms with Crippen LogP contribution in [0, 0.1) is 0 Å². The molecule has 0 fully saturated rings. The van der Waals surface area contributed by atoms with Gasteiger partial charge >= 0.3 is 0 Å². The van der Waals surface area contributed by atoms with Gasteiger partial charge in [0.15, 0.2) is 0 Å². The summed E-state index contributed by atoms with van der Waals surface area (Å²) in [5, 5.41) is 0. The van der Waals surface area contributed by atoms with E-state index in [0.29, 0.717) is 23.7 Å². The number of nitrogens with zero attached hydrogens (tertiary/aromatic N) is 2. The third-order valence-electron chi connectivity index (χ3n) is 6.71. The normalized spacial score (nSPS) is 15.9. The molecule has 1 aliphatic rings. The van der Waals surface area contributed by atoms with E-state index in [9.17, 15) is 0 Å². The summed E-state index contributed by atoms with van der Waals surface area (Å²) in [6.07, 6.45) is 4.72. The van der Waals surface area contributed by atoms with Crippen molar-refractivity contribution in [3.8, 4) is 0 Å². The van der Waals surface area contributed by atoms with E-state index in [1.807, 2.05) is 0 Å². The molecule has 0 spiro atoms. The molecule has 3 heteroatoms. The summed E-state index contributed by atoms with van der Waals surface area (Å²) in [4.78, 5) is 0. The first-order valence-corrected chi connectivity index (χ1v) is 14.9. The molecule has 0 aliphatic carbocycles. The molecule has 0 radical (unpaired) electrons. The van der Waals surface area contributed by atoms with Crippen LogP contribution in [0.5, 0.6) is 0 Å². The van der Waals surface area contributed by atoms with Gasteiger partial charge in [-0.15, -0.1) is 0 Å². The molecule has 3 rings (SSSR count). The molecular weight excluding hydrogens is 392 g/mol. The molecule has 2 aromatic carbocycles. The second-order valence-corrected chi connectivity index (χ2v) is 14.7. The first kappa shape index (κ1) is 23.7. The Labute approximate surface area is 192 Å². The van der Waals surface area contributed by atoms with Crippen LogP contribution in [0.3, 0.4) is 0 Å². The summed E-state index contributed by atoms with van der Waals surface area (Å²) in [5.41, 5.74) is 8.71. The first-order valence-electron chi connectivity index (χ1n) is 12.0. The monoisotopic (exact) mass is 434 g/mol. The molecule has 1 heterocycles. The minimum absolute atomic E-state index is 0.495. The van der Waals surface area contributed by atoms with E-state index in [1.165, 1.54) is 33.6 Å². The van der Waals surface area contributed by atoms with Gasteiger partial charge in [0.1, 0.15) is 0 Å². The average molecular weight is 435 g/mol. The third-order valence-corrected chi connectivity index (χ3v) is 9.81. The van der Waals surface area contributed by atoms with Crippen LogP contribution in [0.15, 0.2) is 48.8 Å². The van der Waals surface area contributed by atoms with Crippen molar-refractivity contribution >= 4 is 19.8 Å². The van der Waals surface area contributed by atoms with E-state index in [-0.39, 0.29) is 0 Å². The molecule has 0 saturated heterocycles. The predicted octanol–water partition coefficient (Wildman–Crippen LogP) is 8.68. The third kappa shape index (κ3) is 4.22. The number of para-hydroxylation sites is 2. The fourth-order valence-electron chi connectivity index (χ4n) is 4.89. The minimum Gasteiger partial charge on any atom is -0.355 e. The summed E-state index contributed by atoms with van der Waals surface area (Å²) in [6.45, 7) is 23.5. The lowest BCUT2D eigenvalue weighted by Crippen LogP contribution is -2.55. The molecule has 0 aromatic heterocycles. The van der Waals surface area contributed by atoms with Gasteiger partial charge < -0.3 is 9.13 Å². The first-order chi connectivity index (χ1) is 14.5. The van der Waals surface area contributed by atoms with Gasteiger partial charge in [-0.2, -0.15) is 0 Å². The predicted molar refractivity (Wildman–Crippen MR) is 141 cm³/mol. The van der Waals surface area contributed by atoms with E-state index in [4.69, 9.17) is 0 Å². The van der Waals surface area contributed by atoms with Crippen molar-refractivity contribution in [3.05, 3.63) is 71.1 Å². The number of hydrogen-bond acceptors (Lipinski definition) is 2. The van der Waals surface area contributed by atoms with Gasteiger partial charge in [-0.05, 0) is 59.0 Å². The van der Waals surface area contributed by atoms with Gasteiger partial charge in [0, 0.05) is 23.8 Å². The zero-order chi connectivity index (χ0) is 23.1. The van der Waals surface area contributed by atoms with E-state index >= 15 is 0 Å². The standard InChI is InChI=1S/C28H42N2Si/c1-19(2)23-13-11-14-24(20(3)4)27(23)29-17-18-30(31(29,9)10)28-25(21(5)6)15-12-16-26(28)22(7)8/h11-22H,1-10H3. The van der Waals surface area contributed by atoms with Crippen LogP contribution in [0.2, 0.25) is 13.1 Å². The minimum atomic E-state index is -2.03. The van der Waals surface area contributed by atoms with Crippen LogP contribution >= 0.6 is 0 Å². The summed E-state index contributed by atoms with van der Waals surface area (Å²) >= 11 is 0. The van der Waals surface area contributed by atoms with Gasteiger partial charge in [0.25, 0.3) is 8.40 Å². The molecule has 0 saturated carbocycles. The highest BCUT2D eigenvalue weighted by atomic mass is 28.3. The van der Waals surface area contributed by atoms with E-state index in [0.717, 1.165) is 0 Å². The highest BCUT2D eigenvalue weighted by Gasteiger charge is 2.43. The van der Waals surface area contributed by atoms with Crippen molar-refractivity contribution in [1.29, 1.82) is 0 Å². The molecule has 2 aromatic rings. The summed E-state index contributed by atoms with van der Waals surface area (Å²) in [7, 11) is -2.03. The van der Waals surface area contributed by atoms with Crippen LogP contribution in [-0.4, -0.2) is 8.40 Å². The zero-order valence-corrected chi connectivity index (χ0v) is 22.3. The lowest BCUT2D eigenvalue weighted by Gasteiger charge is -2.42. The van der Waals surface area contributed by atoms with Gasteiger partial charge in [0.2, 0.25) is 0 Å². The summed E-state index contributed by atoms with van der Waals surface area (Å²) in [6, 6.07) is 13.8. The molecule has 0 bridgehead atoms. The molecule has 0 unspecified atom stereocenters. The van der Waals surface area contributed by atoms with Gasteiger partial charge in [-0.1, -0.05) is 91.8 Å². The summed E-state index contributed by atoms with van der Waals surface area (Å²) < 4.78 is 5.30. The van der Waals surface area contributed by atoms with Crippen molar-refractivity contribution < 1.29 is 0 Å². The maximum atomic E-state index is 2.65. The SMILES string of the molecule is CC(C)c1cccc(C(C)C)c1N1C=CN(c2c(C(C)C)cccc2C(C)C)[Si]1(C)C. The molecule has 168 valence electrons. The Balaban J connectivity index is 2.20. The molecule has 2 nitrogen and oxygen atoms in total. The Kier molecular flexibility index (Phi) is 6.76. The topological polar surface area (TPSA) is 6.48 Å². The molecule has 0 N–H and O–H groups in total. The van der Waals surface area contributed by atoms with Crippen LogP contribution in [0.1, 0.15) is 101 Å². The number of rotatable bonds is 6. The number of benzene rings is 2. The van der Waals surface area contributed by atoms with Gasteiger partial charge in [0.05, 0.1) is 0 Å². The maximum absolute atomic E-state index is 2.65. The van der Waals surface area contributed by atoms with Gasteiger partial charge in [-0.25, -0.2) is 0 Å². The van der Waals surface area contributed by atoms with Crippen LogP contribution < -0.4 is 9.13 Å². The van der Waals surface area contributed by atoms with Crippen LogP contribution in [-0.2, 0) is 0 Å². The summed E-state index contributed by atoms with van der Waals surface area (Å²) in [5.74, 6) is 1.98. The second kappa shape index (κ2) is 8.86. The second-order valence-electron chi connectivity index (χ2n) is 10.7. The van der Waals surface area contributed by atoms with Crippen molar-refractivity contribution in [1.82, 2.24) is 0 Å². The fourth-order valence-corrected chi connectivity index (χ4v) is 7.60. The molecule has 0 atom stereocenters. The van der Waals surface area contributed by atoms with Gasteiger partial charge in [-0.3, -0.25) is 0 Å². The van der Waals surface area contributed by atoms with Crippen molar-refractivity contribution in [2.75, 3.05) is 9.13 Å². The Morgan fingerprint density at radius 3 is 1.00 bits per heavy atom. The Bertz CT molecular complexity index is 825. The molecular formula is C28H42N2Si. The van der Waals surface area contributed by atoms with E-state index in [1.54, 1.807) is 0 Å². The van der Waals surface area contributed by atoms with E-state index in [2.05, 4.69) is 126 Å². The lowest BCUT2D eigenvalue weighted by molar-refractivity contribution is 0.830. The Morgan fingerprint density at radius 1 is 0.516 bits per heavy atom. The zero-order valence-electron chi connectivity index (χ0n) is 21.3. The van der Waals surface area contributed by atoms with Crippen molar-refractivity contribution in [3.63, 3.8) is 0 Å². The quantitative estimate of drug-likeness (QED) is 0.419. The van der Waals surface area contributed by atoms with Crippen molar-refractivity contribution in [2.45, 2.75) is 92.2 Å². The largest absolute Gasteiger partial charge is 0.355 e. The maximum Gasteiger partial charge on any atom is 0.266 e. The smallest absolute Gasteiger partial charge is 0.266 e. The number of anilines is 2. The Morgan fingerprint density at radius 2 is 0.774 bits per heavy atom. The number of hydrogen-bond donors (Lipinski definition) is 0. The van der Waals surface area contributed by atoms with E-state index < -0.39 is 8.40 Å². The van der Waals surface area contributed by atoms with Crippen molar-refractivity contribution in [2.24, 2.45) is 0 Å². The average Bonchev–Trinajstić information content (AvgIpc) is 3.00. The molecule has 0 amide bonds.